The lowest BCUT2D eigenvalue weighted by atomic mass is 10.1. The fourth-order valence-electron chi connectivity index (χ4n) is 2.44. The van der Waals surface area contributed by atoms with Crippen LogP contribution in [0.5, 0.6) is 0 Å². The maximum atomic E-state index is 12.6. The monoisotopic (exact) mass is 403 g/mol. The van der Waals surface area contributed by atoms with E-state index in [0.717, 1.165) is 11.5 Å². The Morgan fingerprint density at radius 2 is 1.68 bits per heavy atom. The number of nitrogens with zero attached hydrogens (tertiary/aromatic N) is 2. The van der Waals surface area contributed by atoms with E-state index < -0.39 is 29.5 Å². The van der Waals surface area contributed by atoms with Gasteiger partial charge in [-0.1, -0.05) is 17.2 Å². The van der Waals surface area contributed by atoms with E-state index in [1.54, 1.807) is 39.8 Å². The summed E-state index contributed by atoms with van der Waals surface area (Å²) in [5, 5.41) is 2.86. The number of carbonyl (C=O) groups excluding carboxylic acids is 4. The third-order valence-corrected chi connectivity index (χ3v) is 4.52. The van der Waals surface area contributed by atoms with Crippen LogP contribution in [0.4, 0.5) is 10.5 Å². The molecule has 28 heavy (non-hydrogen) atoms. The normalized spacial score (nSPS) is 13.4. The first-order valence-corrected chi connectivity index (χ1v) is 9.02. The zero-order chi connectivity index (χ0) is 20.6. The summed E-state index contributed by atoms with van der Waals surface area (Å²) in [4.78, 5) is 54.2. The number of hydroxylamine groups is 2. The Labute approximate surface area is 164 Å². The molecule has 0 fully saturated rings. The molecule has 146 valence electrons. The van der Waals surface area contributed by atoms with Gasteiger partial charge in [0.1, 0.15) is 5.60 Å². The third-order valence-electron chi connectivity index (χ3n) is 3.61. The first-order valence-electron chi connectivity index (χ1n) is 8.25. The van der Waals surface area contributed by atoms with E-state index in [0.29, 0.717) is 10.8 Å². The molecule has 9 nitrogen and oxygen atoms in total. The minimum atomic E-state index is -0.994. The van der Waals surface area contributed by atoms with Crippen LogP contribution in [-0.2, 0) is 9.57 Å². The summed E-state index contributed by atoms with van der Waals surface area (Å²) < 4.78 is 9.19. The number of ether oxygens (including phenoxy) is 1. The predicted molar refractivity (Wildman–Crippen MR) is 99.1 cm³/mol. The van der Waals surface area contributed by atoms with Crippen LogP contribution in [0.1, 0.15) is 56.9 Å². The topological polar surface area (TPSA) is 115 Å². The van der Waals surface area contributed by atoms with Crippen molar-refractivity contribution in [1.82, 2.24) is 9.44 Å². The van der Waals surface area contributed by atoms with Crippen LogP contribution in [0.25, 0.3) is 0 Å². The Hall–Kier alpha value is -3.27. The quantitative estimate of drug-likeness (QED) is 0.783. The van der Waals surface area contributed by atoms with E-state index in [9.17, 15) is 19.2 Å². The van der Waals surface area contributed by atoms with Gasteiger partial charge in [0.05, 0.1) is 22.5 Å². The van der Waals surface area contributed by atoms with Crippen LogP contribution in [0.2, 0.25) is 0 Å². The summed E-state index contributed by atoms with van der Waals surface area (Å²) in [6.07, 6.45) is -0.773. The van der Waals surface area contributed by atoms with Crippen LogP contribution in [0.15, 0.2) is 24.3 Å². The summed E-state index contributed by atoms with van der Waals surface area (Å²) in [6, 6.07) is 6.14. The molecular formula is C18H17N3O6S. The number of amides is 3. The Kier molecular flexibility index (Phi) is 4.90. The fourth-order valence-corrected chi connectivity index (χ4v) is 3.16. The molecular weight excluding hydrogens is 386 g/mol. The third kappa shape index (κ3) is 3.72. The smallest absolute Gasteiger partial charge is 0.412 e. The van der Waals surface area contributed by atoms with Crippen LogP contribution in [-0.4, -0.2) is 38.9 Å². The average Bonchev–Trinajstić information content (AvgIpc) is 3.07. The summed E-state index contributed by atoms with van der Waals surface area (Å²) in [7, 11) is 0. The van der Waals surface area contributed by atoms with Crippen molar-refractivity contribution in [3.05, 3.63) is 46.0 Å². The molecule has 0 saturated heterocycles. The van der Waals surface area contributed by atoms with E-state index in [-0.39, 0.29) is 21.7 Å². The van der Waals surface area contributed by atoms with Crippen LogP contribution in [0.3, 0.4) is 0 Å². The minimum Gasteiger partial charge on any atom is -0.444 e. The molecule has 1 aliphatic heterocycles. The SMILES string of the molecule is Cc1nsc(C(=O)ON2C(=O)c3ccccc3C2=O)c1NC(=O)OC(C)(C)C. The highest BCUT2D eigenvalue weighted by atomic mass is 32.1. The maximum Gasteiger partial charge on any atom is 0.412 e. The molecule has 2 heterocycles. The number of imide groups is 1. The highest BCUT2D eigenvalue weighted by Crippen LogP contribution is 2.28. The number of aromatic nitrogens is 1. The Morgan fingerprint density at radius 3 is 2.21 bits per heavy atom. The molecule has 0 aliphatic carbocycles. The van der Waals surface area contributed by atoms with Crippen molar-refractivity contribution in [1.29, 1.82) is 0 Å². The van der Waals surface area contributed by atoms with Gasteiger partial charge in [0, 0.05) is 0 Å². The number of nitrogens with one attached hydrogen (secondary N) is 1. The van der Waals surface area contributed by atoms with Crippen molar-refractivity contribution in [2.45, 2.75) is 33.3 Å². The van der Waals surface area contributed by atoms with Gasteiger partial charge in [-0.2, -0.15) is 4.37 Å². The lowest BCUT2D eigenvalue weighted by molar-refractivity contribution is -0.0580. The van der Waals surface area contributed by atoms with E-state index in [2.05, 4.69) is 9.69 Å². The van der Waals surface area contributed by atoms with Crippen molar-refractivity contribution in [2.75, 3.05) is 5.32 Å². The van der Waals surface area contributed by atoms with Crippen molar-refractivity contribution in [3.8, 4) is 0 Å². The highest BCUT2D eigenvalue weighted by Gasteiger charge is 2.39. The number of hydrogen-bond donors (Lipinski definition) is 1. The van der Waals surface area contributed by atoms with Gasteiger partial charge in [-0.25, -0.2) is 9.59 Å². The number of benzene rings is 1. The summed E-state index contributed by atoms with van der Waals surface area (Å²) >= 11 is 0.770. The van der Waals surface area contributed by atoms with E-state index in [1.807, 2.05) is 0 Å². The average molecular weight is 403 g/mol. The number of aryl methyl sites for hydroxylation is 1. The Bertz CT molecular complexity index is 956. The molecule has 3 rings (SSSR count). The zero-order valence-corrected chi connectivity index (χ0v) is 16.4. The fraction of sp³-hybridized carbons (Fsp3) is 0.278. The van der Waals surface area contributed by atoms with Crippen molar-refractivity contribution in [3.63, 3.8) is 0 Å². The molecule has 0 spiro atoms. The molecule has 2 aromatic rings. The number of hydrogen-bond acceptors (Lipinski definition) is 8. The van der Waals surface area contributed by atoms with Gasteiger partial charge in [0.15, 0.2) is 4.88 Å². The molecule has 10 heteroatoms. The van der Waals surface area contributed by atoms with E-state index in [1.165, 1.54) is 12.1 Å². The predicted octanol–water partition coefficient (Wildman–Crippen LogP) is 3.17. The summed E-state index contributed by atoms with van der Waals surface area (Å²) in [6.45, 7) is 6.68. The van der Waals surface area contributed by atoms with Crippen molar-refractivity contribution >= 4 is 41.1 Å². The van der Waals surface area contributed by atoms with Crippen LogP contribution < -0.4 is 5.32 Å². The summed E-state index contributed by atoms with van der Waals surface area (Å²) in [5.74, 6) is -2.47. The van der Waals surface area contributed by atoms with Gasteiger partial charge in [-0.15, -0.1) is 0 Å². The Morgan fingerprint density at radius 1 is 1.11 bits per heavy atom. The number of rotatable bonds is 3. The van der Waals surface area contributed by atoms with Gasteiger partial charge < -0.3 is 9.57 Å². The number of fused-ring (bicyclic) bond motifs is 1. The van der Waals surface area contributed by atoms with Gasteiger partial charge in [-0.05, 0) is 51.4 Å². The lowest BCUT2D eigenvalue weighted by Gasteiger charge is -2.19. The second-order valence-electron chi connectivity index (χ2n) is 6.93. The summed E-state index contributed by atoms with van der Waals surface area (Å²) in [5.41, 5.74) is 0.0224. The standard InChI is InChI=1S/C18H17N3O6S/c1-9-12(19-17(25)26-18(2,3)4)13(28-20-9)16(24)27-21-14(22)10-7-5-6-8-11(10)15(21)23/h5-8H,1-4H3,(H,19,25). The molecule has 1 N–H and O–H groups in total. The molecule has 0 atom stereocenters. The molecule has 0 bridgehead atoms. The minimum absolute atomic E-state index is 0.0695. The second kappa shape index (κ2) is 7.04. The highest BCUT2D eigenvalue weighted by molar-refractivity contribution is 7.08. The molecule has 3 amide bonds. The van der Waals surface area contributed by atoms with Crippen LogP contribution in [0, 0.1) is 6.92 Å². The number of anilines is 1. The first-order chi connectivity index (χ1) is 13.1. The van der Waals surface area contributed by atoms with Gasteiger partial charge in [-0.3, -0.25) is 14.9 Å². The van der Waals surface area contributed by atoms with E-state index >= 15 is 0 Å². The first kappa shape index (κ1) is 19.5. The Balaban J connectivity index is 1.79. The van der Waals surface area contributed by atoms with Gasteiger partial charge >= 0.3 is 12.1 Å². The number of carbonyl (C=O) groups is 4. The molecule has 1 aromatic heterocycles. The van der Waals surface area contributed by atoms with Crippen LogP contribution >= 0.6 is 11.5 Å². The largest absolute Gasteiger partial charge is 0.444 e. The van der Waals surface area contributed by atoms with E-state index in [4.69, 9.17) is 9.57 Å². The second-order valence-corrected chi connectivity index (χ2v) is 7.70. The zero-order valence-electron chi connectivity index (χ0n) is 15.6. The molecule has 0 unspecified atom stereocenters. The van der Waals surface area contributed by atoms with Gasteiger partial charge in [0.25, 0.3) is 11.8 Å². The molecule has 1 aromatic carbocycles. The molecule has 1 aliphatic rings. The maximum absolute atomic E-state index is 12.6. The van der Waals surface area contributed by atoms with Crippen molar-refractivity contribution < 1.29 is 28.8 Å². The lowest BCUT2D eigenvalue weighted by Crippen LogP contribution is -2.33. The van der Waals surface area contributed by atoms with Gasteiger partial charge in [0.2, 0.25) is 0 Å². The van der Waals surface area contributed by atoms with Crippen molar-refractivity contribution in [2.24, 2.45) is 0 Å². The molecule has 0 saturated carbocycles. The molecule has 0 radical (unpaired) electrons.